The molecule has 0 amide bonds. The normalized spacial score (nSPS) is 17.6. The minimum absolute atomic E-state index is 0.147. The van der Waals surface area contributed by atoms with Gasteiger partial charge in [-0.05, 0) is 24.2 Å². The quantitative estimate of drug-likeness (QED) is 0.1000. The molecule has 1 saturated heterocycles. The number of benzene rings is 1. The second-order valence-corrected chi connectivity index (χ2v) is 26.8. The molecule has 11 nitrogen and oxygen atoms in total. The van der Waals surface area contributed by atoms with E-state index in [1.807, 2.05) is 51.9 Å². The molecule has 3 aromatic rings. The van der Waals surface area contributed by atoms with Gasteiger partial charge in [0.15, 0.2) is 11.7 Å². The molecule has 5 rings (SSSR count). The average molecular weight is 681 g/mol. The van der Waals surface area contributed by atoms with Gasteiger partial charge in [-0.3, -0.25) is 14.7 Å². The molecule has 0 spiro atoms. The Morgan fingerprint density at radius 3 is 2.30 bits per heavy atom. The van der Waals surface area contributed by atoms with Gasteiger partial charge in [-0.15, -0.1) is 0 Å². The van der Waals surface area contributed by atoms with Gasteiger partial charge in [0, 0.05) is 62.8 Å². The van der Waals surface area contributed by atoms with E-state index in [1.165, 1.54) is 4.68 Å². The Hall–Kier alpha value is -3.07. The molecule has 0 saturated carbocycles. The van der Waals surface area contributed by atoms with Gasteiger partial charge in [0.1, 0.15) is 25.1 Å². The van der Waals surface area contributed by atoms with E-state index in [1.54, 1.807) is 6.20 Å². The minimum atomic E-state index is -1.35. The minimum Gasteiger partial charge on any atom is -0.366 e. The number of nitroso groups, excluding NO2 is 1. The van der Waals surface area contributed by atoms with Gasteiger partial charge in [0.05, 0.1) is 18.6 Å². The van der Waals surface area contributed by atoms with Gasteiger partial charge in [-0.1, -0.05) is 62.4 Å². The highest BCUT2D eigenvalue weighted by atomic mass is 32.2. The van der Waals surface area contributed by atoms with E-state index >= 15 is 0 Å². The fourth-order valence-corrected chi connectivity index (χ4v) is 7.98. The van der Waals surface area contributed by atoms with Crippen LogP contribution in [-0.2, 0) is 9.47 Å². The number of rotatable bonds is 13. The molecule has 46 heavy (non-hydrogen) atoms. The number of hydrogen-bond donors (Lipinski definition) is 1. The van der Waals surface area contributed by atoms with Crippen LogP contribution in [0.4, 0.5) is 5.82 Å². The van der Waals surface area contributed by atoms with Gasteiger partial charge in [-0.2, -0.15) is 21.7 Å². The first kappa shape index (κ1) is 34.3. The number of aromatic nitrogens is 3. The molecule has 0 aliphatic carbocycles. The third kappa shape index (κ3) is 7.89. The van der Waals surface area contributed by atoms with Gasteiger partial charge in [0.25, 0.3) is 11.4 Å². The summed E-state index contributed by atoms with van der Waals surface area (Å²) in [5.41, 5.74) is 1.38. The first-order valence-corrected chi connectivity index (χ1v) is 24.5. The molecule has 1 aromatic carbocycles. The highest BCUT2D eigenvalue weighted by Gasteiger charge is 2.48. The molecule has 0 radical (unpaired) electrons. The van der Waals surface area contributed by atoms with E-state index < -0.39 is 27.9 Å². The number of fused-ring (bicyclic) bond motifs is 2. The Bertz CT molecular complexity index is 1680. The fourth-order valence-electron chi connectivity index (χ4n) is 5.57. The predicted molar refractivity (Wildman–Crippen MR) is 189 cm³/mol. The van der Waals surface area contributed by atoms with Crippen molar-refractivity contribution in [2.75, 3.05) is 51.3 Å². The molecule has 0 bridgehead atoms. The average Bonchev–Trinajstić information content (AvgIpc) is 3.36. The van der Waals surface area contributed by atoms with Gasteiger partial charge >= 0.3 is 5.82 Å². The number of H-pyrrole nitrogens is 1. The fraction of sp³-hybridized carbons (Fsp3) is 0.531. The summed E-state index contributed by atoms with van der Waals surface area (Å²) in [6, 6.07) is 13.9. The monoisotopic (exact) mass is 680 g/mol. The Labute approximate surface area is 277 Å². The van der Waals surface area contributed by atoms with E-state index in [-0.39, 0.29) is 36.2 Å². The van der Waals surface area contributed by atoms with Crippen molar-refractivity contribution < 1.29 is 14.2 Å². The number of nitriles is 1. The Kier molecular flexibility index (Phi) is 10.7. The summed E-state index contributed by atoms with van der Waals surface area (Å²) in [5.74, 6) is 2.10. The zero-order valence-electron chi connectivity index (χ0n) is 27.8. The second-order valence-electron chi connectivity index (χ2n) is 14.3. The van der Waals surface area contributed by atoms with E-state index in [4.69, 9.17) is 9.47 Å². The maximum atomic E-state index is 14.5. The summed E-state index contributed by atoms with van der Waals surface area (Å²) in [4.78, 5) is 36.7. The molecule has 2 aliphatic rings. The largest absolute Gasteiger partial charge is 0.366 e. The summed E-state index contributed by atoms with van der Waals surface area (Å²) in [6.45, 7) is 16.6. The van der Waals surface area contributed by atoms with Crippen LogP contribution in [-0.4, -0.2) is 96.7 Å². The molecule has 4 heterocycles. The van der Waals surface area contributed by atoms with Crippen molar-refractivity contribution in [3.05, 3.63) is 63.2 Å². The topological polar surface area (TPSA) is 119 Å². The summed E-state index contributed by atoms with van der Waals surface area (Å²) in [7, 11) is -2.70. The molecule has 1 fully saturated rings. The third-order valence-electron chi connectivity index (χ3n) is 8.19. The van der Waals surface area contributed by atoms with Crippen LogP contribution in [0.2, 0.25) is 51.4 Å². The first-order chi connectivity index (χ1) is 21.9. The number of hydrogen-bond acceptors (Lipinski definition) is 9. The number of nitrogens with one attached hydrogen (secondary N) is 1. The zero-order chi connectivity index (χ0) is 33.1. The number of para-hydroxylation sites is 1. The lowest BCUT2D eigenvalue weighted by Crippen LogP contribution is -2.45. The zero-order valence-corrected chi connectivity index (χ0v) is 30.7. The van der Waals surface area contributed by atoms with Gasteiger partial charge in [-0.25, -0.2) is 10.00 Å². The SMILES string of the molecule is C[Si](C)(C)CCOCN(COCC[Si](C)(C)C)C1C(C#N)=C(N2CCSCC2)[N+](=O)c2c(-c3cnc4ccccc4c3)c(=O)[nH]n21. The van der Waals surface area contributed by atoms with Crippen LogP contribution in [0.25, 0.3) is 22.0 Å². The predicted octanol–water partition coefficient (Wildman–Crippen LogP) is 6.02. The van der Waals surface area contributed by atoms with Crippen LogP contribution in [0.3, 0.4) is 0 Å². The number of aromatic amines is 1. The van der Waals surface area contributed by atoms with Crippen LogP contribution < -0.4 is 5.56 Å². The molecular formula is C32H46N7O4SSi2+. The van der Waals surface area contributed by atoms with E-state index in [0.29, 0.717) is 31.9 Å². The number of ether oxygens (including phenoxy) is 2. The lowest BCUT2D eigenvalue weighted by Gasteiger charge is -2.34. The molecule has 14 heteroatoms. The summed E-state index contributed by atoms with van der Waals surface area (Å²) < 4.78 is 14.8. The molecule has 2 aromatic heterocycles. The maximum absolute atomic E-state index is 14.5. The maximum Gasteiger partial charge on any atom is 0.305 e. The van der Waals surface area contributed by atoms with E-state index in [9.17, 15) is 15.0 Å². The van der Waals surface area contributed by atoms with Gasteiger partial charge < -0.3 is 9.47 Å². The van der Waals surface area contributed by atoms with Crippen LogP contribution in [0.1, 0.15) is 6.17 Å². The number of thioether (sulfide) groups is 1. The number of pyridine rings is 1. The highest BCUT2D eigenvalue weighted by molar-refractivity contribution is 7.99. The highest BCUT2D eigenvalue weighted by Crippen LogP contribution is 2.41. The lowest BCUT2D eigenvalue weighted by molar-refractivity contribution is -0.442. The van der Waals surface area contributed by atoms with Gasteiger partial charge in [0.2, 0.25) is 0 Å². The van der Waals surface area contributed by atoms with Crippen LogP contribution >= 0.6 is 11.8 Å². The third-order valence-corrected chi connectivity index (χ3v) is 12.5. The van der Waals surface area contributed by atoms with Crippen molar-refractivity contribution in [2.24, 2.45) is 0 Å². The summed E-state index contributed by atoms with van der Waals surface area (Å²) >= 11 is 1.82. The molecule has 2 aliphatic heterocycles. The summed E-state index contributed by atoms with van der Waals surface area (Å²) in [5, 5.41) is 14.5. The number of nitrogens with zero attached hydrogens (tertiary/aromatic N) is 6. The van der Waals surface area contributed by atoms with Crippen molar-refractivity contribution in [1.29, 1.82) is 5.26 Å². The standard InChI is InChI=1S/C32H45N7O4SSi2/c1-45(2,3)17-13-42-22-37(23-43-14-18-46(4,5)6)30-26(20-33)31(36-11-15-44-16-12-36)39(41)32-28(29(40)35-38(30)32)25-19-24-9-7-8-10-27(24)34-21-25/h7-10,19,21,30H,11-18,22-23H2,1-6H3/p+1. The molecule has 1 atom stereocenters. The van der Waals surface area contributed by atoms with Crippen molar-refractivity contribution in [3.63, 3.8) is 0 Å². The van der Waals surface area contributed by atoms with Crippen LogP contribution in [0.15, 0.2) is 52.7 Å². The van der Waals surface area contributed by atoms with E-state index in [0.717, 1.165) is 39.3 Å². The second kappa shape index (κ2) is 14.4. The lowest BCUT2D eigenvalue weighted by atomic mass is 10.1. The Morgan fingerprint density at radius 1 is 1.07 bits per heavy atom. The van der Waals surface area contributed by atoms with E-state index in [2.05, 4.69) is 55.4 Å². The molecule has 1 N–H and O–H groups in total. The molecule has 246 valence electrons. The Balaban J connectivity index is 1.62. The molecule has 1 unspecified atom stereocenters. The first-order valence-electron chi connectivity index (χ1n) is 15.9. The van der Waals surface area contributed by atoms with Crippen molar-refractivity contribution in [2.45, 2.75) is 57.5 Å². The van der Waals surface area contributed by atoms with Crippen LogP contribution in [0.5, 0.6) is 0 Å². The van der Waals surface area contributed by atoms with Crippen LogP contribution in [0, 0.1) is 16.2 Å². The van der Waals surface area contributed by atoms with Crippen molar-refractivity contribution in [3.8, 4) is 17.2 Å². The Morgan fingerprint density at radius 2 is 1.70 bits per heavy atom. The van der Waals surface area contributed by atoms with Crippen molar-refractivity contribution in [1.82, 2.24) is 24.6 Å². The smallest absolute Gasteiger partial charge is 0.305 e. The summed E-state index contributed by atoms with van der Waals surface area (Å²) in [6.07, 6.45) is 0.817. The van der Waals surface area contributed by atoms with Crippen molar-refractivity contribution >= 4 is 44.6 Å². The molecular weight excluding hydrogens is 635 g/mol.